The summed E-state index contributed by atoms with van der Waals surface area (Å²) in [4.78, 5) is 30.5. The fourth-order valence-electron chi connectivity index (χ4n) is 2.97. The van der Waals surface area contributed by atoms with Crippen molar-refractivity contribution in [2.45, 2.75) is 12.5 Å². The summed E-state index contributed by atoms with van der Waals surface area (Å²) in [7, 11) is 2.05. The zero-order valence-corrected chi connectivity index (χ0v) is 13.8. The summed E-state index contributed by atoms with van der Waals surface area (Å²) in [5.41, 5.74) is 0.448. The molecule has 0 saturated carbocycles. The second-order valence-corrected chi connectivity index (χ2v) is 6.63. The third-order valence-electron chi connectivity index (χ3n) is 4.21. The fraction of sp³-hybridized carbons (Fsp3) is 0.467. The van der Waals surface area contributed by atoms with Gasteiger partial charge in [0.05, 0.1) is 18.2 Å². The van der Waals surface area contributed by atoms with Crippen LogP contribution in [0.25, 0.3) is 0 Å². The van der Waals surface area contributed by atoms with E-state index in [0.29, 0.717) is 15.7 Å². The highest BCUT2D eigenvalue weighted by Gasteiger charge is 2.43. The molecule has 22 heavy (non-hydrogen) atoms. The Kier molecular flexibility index (Phi) is 4.41. The van der Waals surface area contributed by atoms with E-state index in [1.54, 1.807) is 18.2 Å². The number of nitrogens with zero attached hydrogens (tertiary/aromatic N) is 3. The molecule has 2 heterocycles. The van der Waals surface area contributed by atoms with Crippen LogP contribution in [0.3, 0.4) is 0 Å². The minimum atomic E-state index is -0.376. The quantitative estimate of drug-likeness (QED) is 0.770. The molecular formula is C15H17Cl2N3O2. The van der Waals surface area contributed by atoms with Gasteiger partial charge in [0.2, 0.25) is 5.91 Å². The zero-order chi connectivity index (χ0) is 15.9. The number of likely N-dealkylation sites (N-methyl/N-ethyl adjacent to an activating group) is 1. The van der Waals surface area contributed by atoms with Crippen LogP contribution in [0.5, 0.6) is 0 Å². The van der Waals surface area contributed by atoms with E-state index in [0.717, 1.165) is 26.2 Å². The van der Waals surface area contributed by atoms with E-state index in [-0.39, 0.29) is 24.3 Å². The molecule has 0 spiro atoms. The van der Waals surface area contributed by atoms with Gasteiger partial charge in [-0.15, -0.1) is 0 Å². The van der Waals surface area contributed by atoms with Crippen LogP contribution in [0, 0.1) is 0 Å². The van der Waals surface area contributed by atoms with Crippen LogP contribution in [0.15, 0.2) is 18.2 Å². The number of imide groups is 1. The van der Waals surface area contributed by atoms with E-state index < -0.39 is 0 Å². The van der Waals surface area contributed by atoms with Gasteiger partial charge in [0.15, 0.2) is 0 Å². The molecule has 2 aliphatic rings. The molecule has 2 aliphatic heterocycles. The first-order valence-electron chi connectivity index (χ1n) is 7.21. The minimum absolute atomic E-state index is 0.187. The van der Waals surface area contributed by atoms with Gasteiger partial charge in [0.1, 0.15) is 0 Å². The van der Waals surface area contributed by atoms with Gasteiger partial charge in [0.25, 0.3) is 5.91 Å². The summed E-state index contributed by atoms with van der Waals surface area (Å²) in [6, 6.07) is 4.39. The molecule has 0 aliphatic carbocycles. The highest BCUT2D eigenvalue weighted by Crippen LogP contribution is 2.30. The molecule has 7 heteroatoms. The normalized spacial score (nSPS) is 24.3. The van der Waals surface area contributed by atoms with E-state index in [9.17, 15) is 9.59 Å². The maximum absolute atomic E-state index is 12.7. The van der Waals surface area contributed by atoms with Crippen molar-refractivity contribution in [1.29, 1.82) is 0 Å². The molecule has 0 N–H and O–H groups in total. The van der Waals surface area contributed by atoms with Gasteiger partial charge < -0.3 is 4.90 Å². The summed E-state index contributed by atoms with van der Waals surface area (Å²) < 4.78 is 0. The summed E-state index contributed by atoms with van der Waals surface area (Å²) in [5, 5.41) is 0.817. The fourth-order valence-corrected chi connectivity index (χ4v) is 3.49. The Morgan fingerprint density at radius 1 is 1.00 bits per heavy atom. The van der Waals surface area contributed by atoms with E-state index >= 15 is 0 Å². The molecule has 2 saturated heterocycles. The van der Waals surface area contributed by atoms with Crippen molar-refractivity contribution < 1.29 is 9.59 Å². The SMILES string of the molecule is CN1CCN([C@H]2CC(=O)N(c3cc(Cl)cc(Cl)c3)C2=O)CC1. The van der Waals surface area contributed by atoms with Gasteiger partial charge >= 0.3 is 0 Å². The number of hydrogen-bond donors (Lipinski definition) is 0. The minimum Gasteiger partial charge on any atom is -0.304 e. The molecule has 2 fully saturated rings. The summed E-state index contributed by atoms with van der Waals surface area (Å²) in [5.74, 6) is -0.389. The van der Waals surface area contributed by atoms with Gasteiger partial charge in [-0.2, -0.15) is 0 Å². The molecule has 0 bridgehead atoms. The van der Waals surface area contributed by atoms with Crippen LogP contribution in [-0.4, -0.2) is 60.9 Å². The van der Waals surface area contributed by atoms with Crippen LogP contribution >= 0.6 is 23.2 Å². The molecule has 1 aromatic carbocycles. The number of anilines is 1. The lowest BCUT2D eigenvalue weighted by Crippen LogP contribution is -2.51. The predicted octanol–water partition coefficient (Wildman–Crippen LogP) is 1.87. The largest absolute Gasteiger partial charge is 0.304 e. The molecule has 3 rings (SSSR count). The number of benzene rings is 1. The number of piperazine rings is 1. The summed E-state index contributed by atoms with van der Waals surface area (Å²) in [6.07, 6.45) is 0.215. The lowest BCUT2D eigenvalue weighted by molar-refractivity contribution is -0.123. The molecular weight excluding hydrogens is 325 g/mol. The highest BCUT2D eigenvalue weighted by atomic mass is 35.5. The van der Waals surface area contributed by atoms with Gasteiger partial charge in [-0.25, -0.2) is 4.90 Å². The first-order valence-corrected chi connectivity index (χ1v) is 7.97. The Morgan fingerprint density at radius 3 is 2.18 bits per heavy atom. The lowest BCUT2D eigenvalue weighted by atomic mass is 10.2. The second-order valence-electron chi connectivity index (χ2n) is 5.75. The number of halogens is 2. The second kappa shape index (κ2) is 6.16. The predicted molar refractivity (Wildman–Crippen MR) is 86.4 cm³/mol. The van der Waals surface area contributed by atoms with Crippen LogP contribution < -0.4 is 4.90 Å². The topological polar surface area (TPSA) is 43.9 Å². The number of hydrogen-bond acceptors (Lipinski definition) is 4. The first kappa shape index (κ1) is 15.7. The van der Waals surface area contributed by atoms with Gasteiger partial charge in [0, 0.05) is 36.2 Å². The van der Waals surface area contributed by atoms with E-state index in [1.165, 1.54) is 4.90 Å². The molecule has 1 aromatic rings. The molecule has 1 atom stereocenters. The van der Waals surface area contributed by atoms with E-state index in [2.05, 4.69) is 16.8 Å². The number of rotatable bonds is 2. The Bertz CT molecular complexity index is 595. The highest BCUT2D eigenvalue weighted by molar-refractivity contribution is 6.35. The van der Waals surface area contributed by atoms with Crippen molar-refractivity contribution in [3.05, 3.63) is 28.2 Å². The third kappa shape index (κ3) is 2.99. The zero-order valence-electron chi connectivity index (χ0n) is 12.3. The van der Waals surface area contributed by atoms with Crippen LogP contribution in [0.1, 0.15) is 6.42 Å². The van der Waals surface area contributed by atoms with Crippen molar-refractivity contribution in [2.24, 2.45) is 0 Å². The average Bonchev–Trinajstić information content (AvgIpc) is 2.74. The first-order chi connectivity index (χ1) is 10.5. The smallest absolute Gasteiger partial charge is 0.251 e. The molecule has 118 valence electrons. The monoisotopic (exact) mass is 341 g/mol. The van der Waals surface area contributed by atoms with Crippen LogP contribution in [0.4, 0.5) is 5.69 Å². The van der Waals surface area contributed by atoms with Crippen molar-refractivity contribution in [3.8, 4) is 0 Å². The van der Waals surface area contributed by atoms with E-state index in [1.807, 2.05) is 0 Å². The Labute approximate surface area is 139 Å². The molecule has 0 radical (unpaired) electrons. The van der Waals surface area contributed by atoms with Gasteiger partial charge in [-0.3, -0.25) is 14.5 Å². The van der Waals surface area contributed by atoms with E-state index in [4.69, 9.17) is 23.2 Å². The maximum atomic E-state index is 12.7. The van der Waals surface area contributed by atoms with Crippen molar-refractivity contribution in [3.63, 3.8) is 0 Å². The number of carbonyl (C=O) groups is 2. The summed E-state index contributed by atoms with van der Waals surface area (Å²) >= 11 is 12.0. The van der Waals surface area contributed by atoms with Gasteiger partial charge in [-0.1, -0.05) is 23.2 Å². The number of amides is 2. The maximum Gasteiger partial charge on any atom is 0.251 e. The Morgan fingerprint density at radius 2 is 1.59 bits per heavy atom. The van der Waals surface area contributed by atoms with Crippen molar-refractivity contribution in [1.82, 2.24) is 9.80 Å². The molecule has 0 unspecified atom stereocenters. The Balaban J connectivity index is 1.82. The third-order valence-corrected chi connectivity index (χ3v) is 4.64. The molecule has 5 nitrogen and oxygen atoms in total. The van der Waals surface area contributed by atoms with Crippen LogP contribution in [-0.2, 0) is 9.59 Å². The standard InChI is InChI=1S/C15H17Cl2N3O2/c1-18-2-4-19(5-3-18)13-9-14(21)20(15(13)22)12-7-10(16)6-11(17)8-12/h6-8,13H,2-5,9H2,1H3/t13-/m0/s1. The van der Waals surface area contributed by atoms with Crippen LogP contribution in [0.2, 0.25) is 10.0 Å². The lowest BCUT2D eigenvalue weighted by Gasteiger charge is -2.35. The molecule has 0 aromatic heterocycles. The van der Waals surface area contributed by atoms with Crippen molar-refractivity contribution >= 4 is 40.7 Å². The van der Waals surface area contributed by atoms with Crippen molar-refractivity contribution in [2.75, 3.05) is 38.1 Å². The Hall–Kier alpha value is -1.14. The number of carbonyl (C=O) groups excluding carboxylic acids is 2. The average molecular weight is 342 g/mol. The summed E-state index contributed by atoms with van der Waals surface area (Å²) in [6.45, 7) is 3.40. The molecule has 2 amide bonds. The van der Waals surface area contributed by atoms with Gasteiger partial charge in [-0.05, 0) is 25.2 Å².